The summed E-state index contributed by atoms with van der Waals surface area (Å²) in [6.45, 7) is 2.44. The molecule has 0 aromatic heterocycles. The number of nitrogens with one attached hydrogen (secondary N) is 2. The van der Waals surface area contributed by atoms with Gasteiger partial charge in [-0.1, -0.05) is 29.8 Å². The van der Waals surface area contributed by atoms with Gasteiger partial charge in [-0.2, -0.15) is 0 Å². The Kier molecular flexibility index (Phi) is 6.50. The van der Waals surface area contributed by atoms with Crippen molar-refractivity contribution < 1.29 is 9.47 Å². The van der Waals surface area contributed by atoms with Crippen molar-refractivity contribution in [3.8, 4) is 11.5 Å². The molecule has 1 atom stereocenters. The monoisotopic (exact) mass is 350 g/mol. The average Bonchev–Trinajstić information content (AvgIpc) is 2.53. The van der Waals surface area contributed by atoms with Gasteiger partial charge >= 0.3 is 0 Å². The van der Waals surface area contributed by atoms with Gasteiger partial charge < -0.3 is 20.1 Å². The predicted octanol–water partition coefficient (Wildman–Crippen LogP) is 4.10. The number of benzene rings is 2. The first-order valence-electron chi connectivity index (χ1n) is 7.17. The molecule has 0 saturated heterocycles. The summed E-state index contributed by atoms with van der Waals surface area (Å²) < 4.78 is 11.0. The van der Waals surface area contributed by atoms with Crippen molar-refractivity contribution in [2.24, 2.45) is 0 Å². The topological polar surface area (TPSA) is 42.5 Å². The lowest BCUT2D eigenvalue weighted by Gasteiger charge is -2.18. The Labute approximate surface area is 146 Å². The highest BCUT2D eigenvalue weighted by Gasteiger charge is 2.08. The van der Waals surface area contributed by atoms with Crippen molar-refractivity contribution in [2.75, 3.05) is 19.0 Å². The van der Waals surface area contributed by atoms with Crippen LogP contribution in [0.25, 0.3) is 0 Å². The minimum Gasteiger partial charge on any atom is -0.493 e. The first kappa shape index (κ1) is 17.4. The maximum absolute atomic E-state index is 5.94. The number of hydrogen-bond acceptors (Lipinski definition) is 3. The van der Waals surface area contributed by atoms with E-state index in [-0.39, 0.29) is 6.04 Å². The maximum Gasteiger partial charge on any atom is 0.171 e. The first-order chi connectivity index (χ1) is 11.1. The second kappa shape index (κ2) is 8.60. The zero-order chi connectivity index (χ0) is 16.7. The quantitative estimate of drug-likeness (QED) is 0.768. The molecule has 0 saturated carbocycles. The normalized spacial score (nSPS) is 11.4. The van der Waals surface area contributed by atoms with E-state index in [4.69, 9.17) is 33.3 Å². The van der Waals surface area contributed by atoms with Gasteiger partial charge in [0.15, 0.2) is 16.6 Å². The zero-order valence-corrected chi connectivity index (χ0v) is 14.6. The summed E-state index contributed by atoms with van der Waals surface area (Å²) in [6, 6.07) is 14.9. The van der Waals surface area contributed by atoms with Crippen LogP contribution in [0.4, 0.5) is 5.69 Å². The second-order valence-electron chi connectivity index (χ2n) is 4.97. The molecule has 0 bridgehead atoms. The zero-order valence-electron chi connectivity index (χ0n) is 13.0. The molecule has 0 heterocycles. The van der Waals surface area contributed by atoms with E-state index < -0.39 is 0 Å². The van der Waals surface area contributed by atoms with Gasteiger partial charge in [0.05, 0.1) is 13.2 Å². The van der Waals surface area contributed by atoms with Gasteiger partial charge in [0.1, 0.15) is 6.61 Å². The molecule has 122 valence electrons. The maximum atomic E-state index is 5.94. The third-order valence-corrected chi connectivity index (χ3v) is 3.47. The summed E-state index contributed by atoms with van der Waals surface area (Å²) in [5, 5.41) is 7.43. The van der Waals surface area contributed by atoms with Crippen LogP contribution in [0.3, 0.4) is 0 Å². The van der Waals surface area contributed by atoms with Crippen LogP contribution in [0.15, 0.2) is 48.5 Å². The second-order valence-corrected chi connectivity index (χ2v) is 5.82. The molecule has 0 aliphatic rings. The van der Waals surface area contributed by atoms with Gasteiger partial charge in [-0.25, -0.2) is 0 Å². The van der Waals surface area contributed by atoms with Gasteiger partial charge in [-0.05, 0) is 49.5 Å². The Morgan fingerprint density at radius 2 is 1.91 bits per heavy atom. The number of ether oxygens (including phenoxy) is 2. The van der Waals surface area contributed by atoms with Crippen molar-refractivity contribution in [1.29, 1.82) is 0 Å². The summed E-state index contributed by atoms with van der Waals surface area (Å²) in [6.07, 6.45) is 0. The predicted molar refractivity (Wildman–Crippen MR) is 98.8 cm³/mol. The minimum atomic E-state index is 0.0269. The smallest absolute Gasteiger partial charge is 0.171 e. The molecule has 0 aliphatic carbocycles. The summed E-state index contributed by atoms with van der Waals surface area (Å²) in [5.41, 5.74) is 0.841. The fourth-order valence-corrected chi connectivity index (χ4v) is 2.46. The fraction of sp³-hybridized carbons (Fsp3) is 0.235. The molecule has 0 unspecified atom stereocenters. The molecule has 2 aromatic rings. The number of thiocarbonyl (C=S) groups is 1. The van der Waals surface area contributed by atoms with E-state index >= 15 is 0 Å². The van der Waals surface area contributed by atoms with E-state index in [0.717, 1.165) is 5.69 Å². The highest BCUT2D eigenvalue weighted by molar-refractivity contribution is 7.80. The Balaban J connectivity index is 1.82. The molecule has 0 fully saturated rings. The van der Waals surface area contributed by atoms with Gasteiger partial charge in [0.2, 0.25) is 0 Å². The van der Waals surface area contributed by atoms with E-state index in [9.17, 15) is 0 Å². The lowest BCUT2D eigenvalue weighted by Crippen LogP contribution is -2.39. The van der Waals surface area contributed by atoms with Gasteiger partial charge in [0.25, 0.3) is 0 Å². The molecule has 0 amide bonds. The van der Waals surface area contributed by atoms with Gasteiger partial charge in [0, 0.05) is 10.7 Å². The van der Waals surface area contributed by atoms with Crippen molar-refractivity contribution in [2.45, 2.75) is 13.0 Å². The highest BCUT2D eigenvalue weighted by atomic mass is 35.5. The molecule has 23 heavy (non-hydrogen) atoms. The first-order valence-corrected chi connectivity index (χ1v) is 7.96. The molecule has 6 heteroatoms. The van der Waals surface area contributed by atoms with Crippen LogP contribution in [0, 0.1) is 0 Å². The number of hydrogen-bond donors (Lipinski definition) is 2. The van der Waals surface area contributed by atoms with Crippen molar-refractivity contribution in [3.63, 3.8) is 0 Å². The third kappa shape index (κ3) is 5.62. The SMILES string of the molecule is COc1ccccc1OC[C@H](C)NC(=S)Nc1cccc(Cl)c1. The lowest BCUT2D eigenvalue weighted by molar-refractivity contribution is 0.270. The van der Waals surface area contributed by atoms with Crippen molar-refractivity contribution in [3.05, 3.63) is 53.6 Å². The average molecular weight is 351 g/mol. The summed E-state index contributed by atoms with van der Waals surface area (Å²) in [7, 11) is 1.62. The van der Waals surface area contributed by atoms with Gasteiger partial charge in [-0.15, -0.1) is 0 Å². The summed E-state index contributed by atoms with van der Waals surface area (Å²) >= 11 is 11.2. The number of anilines is 1. The Hall–Kier alpha value is -1.98. The lowest BCUT2D eigenvalue weighted by atomic mass is 10.3. The minimum absolute atomic E-state index is 0.0269. The van der Waals surface area contributed by atoms with E-state index in [0.29, 0.717) is 28.2 Å². The summed E-state index contributed by atoms with van der Waals surface area (Å²) in [4.78, 5) is 0. The van der Waals surface area contributed by atoms with Crippen LogP contribution in [0.2, 0.25) is 5.02 Å². The molecule has 0 aliphatic heterocycles. The van der Waals surface area contributed by atoms with Crippen LogP contribution in [-0.4, -0.2) is 24.9 Å². The van der Waals surface area contributed by atoms with Crippen LogP contribution in [0.5, 0.6) is 11.5 Å². The van der Waals surface area contributed by atoms with Crippen LogP contribution < -0.4 is 20.1 Å². The number of halogens is 1. The third-order valence-electron chi connectivity index (χ3n) is 3.02. The van der Waals surface area contributed by atoms with Gasteiger partial charge in [-0.3, -0.25) is 0 Å². The van der Waals surface area contributed by atoms with E-state index in [1.807, 2.05) is 55.5 Å². The molecular formula is C17H19ClN2O2S. The van der Waals surface area contributed by atoms with E-state index in [2.05, 4.69) is 10.6 Å². The molecule has 2 rings (SSSR count). The number of para-hydroxylation sites is 2. The Bertz CT molecular complexity index is 667. The van der Waals surface area contributed by atoms with Crippen LogP contribution >= 0.6 is 23.8 Å². The Morgan fingerprint density at radius 1 is 1.17 bits per heavy atom. The van der Waals surface area contributed by atoms with Crippen molar-refractivity contribution >= 4 is 34.6 Å². The Morgan fingerprint density at radius 3 is 2.61 bits per heavy atom. The van der Waals surface area contributed by atoms with E-state index in [1.165, 1.54) is 0 Å². The van der Waals surface area contributed by atoms with E-state index in [1.54, 1.807) is 7.11 Å². The molecule has 2 aromatic carbocycles. The molecule has 2 N–H and O–H groups in total. The van der Waals surface area contributed by atoms with Crippen molar-refractivity contribution in [1.82, 2.24) is 5.32 Å². The fourth-order valence-electron chi connectivity index (χ4n) is 1.95. The number of rotatable bonds is 6. The molecule has 0 spiro atoms. The highest BCUT2D eigenvalue weighted by Crippen LogP contribution is 2.25. The molecule has 0 radical (unpaired) electrons. The van der Waals surface area contributed by atoms with Crippen LogP contribution in [0.1, 0.15) is 6.92 Å². The standard InChI is InChI=1S/C17H19ClN2O2S/c1-12(11-22-16-9-4-3-8-15(16)21-2)19-17(23)20-14-7-5-6-13(18)10-14/h3-10,12H,11H2,1-2H3,(H2,19,20,23)/t12-/m0/s1. The summed E-state index contributed by atoms with van der Waals surface area (Å²) in [5.74, 6) is 1.41. The van der Waals surface area contributed by atoms with Crippen LogP contribution in [-0.2, 0) is 0 Å². The largest absolute Gasteiger partial charge is 0.493 e. The molecular weight excluding hydrogens is 332 g/mol. The molecule has 4 nitrogen and oxygen atoms in total. The number of methoxy groups -OCH3 is 1.